The third kappa shape index (κ3) is 4.02. The Labute approximate surface area is 144 Å². The zero-order chi connectivity index (χ0) is 16.9. The maximum atomic E-state index is 12.1. The molecular weight excluding hydrogens is 296 g/mol. The van der Waals surface area contributed by atoms with Gasteiger partial charge in [0.1, 0.15) is 0 Å². The van der Waals surface area contributed by atoms with Gasteiger partial charge < -0.3 is 4.90 Å². The molecule has 1 amide bonds. The normalized spacial score (nSPS) is 15.7. The molecule has 1 aliphatic heterocycles. The Kier molecular flexibility index (Phi) is 5.29. The van der Waals surface area contributed by atoms with E-state index in [2.05, 4.69) is 36.4 Å². The summed E-state index contributed by atoms with van der Waals surface area (Å²) in [5.41, 5.74) is 3.73. The maximum absolute atomic E-state index is 12.1. The molecule has 2 aromatic rings. The largest absolute Gasteiger partial charge is 0.342 e. The van der Waals surface area contributed by atoms with Crippen molar-refractivity contribution in [1.29, 1.82) is 0 Å². The summed E-state index contributed by atoms with van der Waals surface area (Å²) in [7, 11) is 0. The number of benzene rings is 1. The Bertz CT molecular complexity index is 656. The van der Waals surface area contributed by atoms with E-state index in [1.54, 1.807) is 0 Å². The third-order valence-electron chi connectivity index (χ3n) is 4.82. The van der Waals surface area contributed by atoms with Gasteiger partial charge in [0.25, 0.3) is 0 Å². The number of carbonyl (C=O) groups is 1. The Balaban J connectivity index is 1.58. The third-order valence-corrected chi connectivity index (χ3v) is 4.82. The molecule has 0 atom stereocenters. The fourth-order valence-corrected chi connectivity index (χ4v) is 3.37. The van der Waals surface area contributed by atoms with Gasteiger partial charge in [-0.05, 0) is 36.5 Å². The number of hydrogen-bond donors (Lipinski definition) is 0. The second-order valence-electron chi connectivity index (χ2n) is 7.01. The molecule has 3 rings (SSSR count). The molecule has 1 aromatic heterocycles. The molecule has 0 unspecified atom stereocenters. The fourth-order valence-electron chi connectivity index (χ4n) is 3.37. The number of likely N-dealkylation sites (tertiary alicyclic amines) is 1. The van der Waals surface area contributed by atoms with E-state index in [1.807, 2.05) is 31.0 Å². The van der Waals surface area contributed by atoms with Crippen LogP contribution in [0.1, 0.15) is 49.4 Å². The molecule has 3 nitrogen and oxygen atoms in total. The number of carbonyl (C=O) groups excluding carboxylic acids is 1. The van der Waals surface area contributed by atoms with Crippen molar-refractivity contribution in [3.05, 3.63) is 65.5 Å². The first-order valence-corrected chi connectivity index (χ1v) is 8.91. The summed E-state index contributed by atoms with van der Waals surface area (Å²) in [6.45, 7) is 5.66. The molecule has 3 heteroatoms. The molecule has 2 heterocycles. The summed E-state index contributed by atoms with van der Waals surface area (Å²) in [5, 5.41) is 0. The standard InChI is InChI=1S/C21H26N2O/c1-16(2)21(24)23-12-10-19(11-13-23)20-9-8-18(15-22-20)14-17-6-4-3-5-7-17/h3-9,15-16,19H,10-14H2,1-2H3. The van der Waals surface area contributed by atoms with E-state index >= 15 is 0 Å². The molecular formula is C21H26N2O. The SMILES string of the molecule is CC(C)C(=O)N1CCC(c2ccc(Cc3ccccc3)cn2)CC1. The monoisotopic (exact) mass is 322 g/mol. The number of rotatable bonds is 4. The van der Waals surface area contributed by atoms with Crippen molar-refractivity contribution >= 4 is 5.91 Å². The van der Waals surface area contributed by atoms with Crippen LogP contribution in [0.4, 0.5) is 0 Å². The number of pyridine rings is 1. The first-order valence-electron chi connectivity index (χ1n) is 8.91. The highest BCUT2D eigenvalue weighted by atomic mass is 16.2. The average Bonchev–Trinajstić information content (AvgIpc) is 2.63. The van der Waals surface area contributed by atoms with Crippen LogP contribution in [0, 0.1) is 5.92 Å². The molecule has 1 aliphatic rings. The molecule has 0 radical (unpaired) electrons. The van der Waals surface area contributed by atoms with Crippen LogP contribution in [-0.4, -0.2) is 28.9 Å². The van der Waals surface area contributed by atoms with Gasteiger partial charge in [0.05, 0.1) is 0 Å². The van der Waals surface area contributed by atoms with Gasteiger partial charge in [-0.1, -0.05) is 50.2 Å². The van der Waals surface area contributed by atoms with Crippen LogP contribution in [0.5, 0.6) is 0 Å². The van der Waals surface area contributed by atoms with E-state index in [-0.39, 0.29) is 11.8 Å². The summed E-state index contributed by atoms with van der Waals surface area (Å²) >= 11 is 0. The van der Waals surface area contributed by atoms with Crippen LogP contribution in [-0.2, 0) is 11.2 Å². The molecule has 24 heavy (non-hydrogen) atoms. The lowest BCUT2D eigenvalue weighted by Crippen LogP contribution is -2.40. The number of nitrogens with zero attached hydrogens (tertiary/aromatic N) is 2. The van der Waals surface area contributed by atoms with Crippen LogP contribution >= 0.6 is 0 Å². The van der Waals surface area contributed by atoms with Crippen molar-refractivity contribution < 1.29 is 4.79 Å². The molecule has 0 bridgehead atoms. The van der Waals surface area contributed by atoms with Gasteiger partial charge in [-0.2, -0.15) is 0 Å². The van der Waals surface area contributed by atoms with E-state index in [1.165, 1.54) is 16.8 Å². The Morgan fingerprint density at radius 2 is 1.79 bits per heavy atom. The van der Waals surface area contributed by atoms with Gasteiger partial charge in [-0.3, -0.25) is 9.78 Å². The quantitative estimate of drug-likeness (QED) is 0.851. The second kappa shape index (κ2) is 7.61. The highest BCUT2D eigenvalue weighted by Crippen LogP contribution is 2.27. The van der Waals surface area contributed by atoms with Crippen LogP contribution in [0.15, 0.2) is 48.7 Å². The molecule has 0 spiro atoms. The van der Waals surface area contributed by atoms with Crippen molar-refractivity contribution in [1.82, 2.24) is 9.88 Å². The summed E-state index contributed by atoms with van der Waals surface area (Å²) in [6.07, 6.45) is 4.97. The van der Waals surface area contributed by atoms with Crippen molar-refractivity contribution in [3.8, 4) is 0 Å². The van der Waals surface area contributed by atoms with Gasteiger partial charge in [-0.15, -0.1) is 0 Å². The van der Waals surface area contributed by atoms with Crippen LogP contribution in [0.25, 0.3) is 0 Å². The van der Waals surface area contributed by atoms with Crippen molar-refractivity contribution in [2.24, 2.45) is 5.92 Å². The van der Waals surface area contributed by atoms with Gasteiger partial charge in [-0.25, -0.2) is 0 Å². The highest BCUT2D eigenvalue weighted by molar-refractivity contribution is 5.78. The Morgan fingerprint density at radius 3 is 2.38 bits per heavy atom. The zero-order valence-corrected chi connectivity index (χ0v) is 14.6. The van der Waals surface area contributed by atoms with E-state index in [4.69, 9.17) is 4.98 Å². The average molecular weight is 322 g/mol. The maximum Gasteiger partial charge on any atom is 0.225 e. The minimum absolute atomic E-state index is 0.0944. The number of amides is 1. The van der Waals surface area contributed by atoms with E-state index in [0.29, 0.717) is 5.92 Å². The summed E-state index contributed by atoms with van der Waals surface area (Å²) < 4.78 is 0. The predicted molar refractivity (Wildman–Crippen MR) is 96.9 cm³/mol. The van der Waals surface area contributed by atoms with E-state index < -0.39 is 0 Å². The van der Waals surface area contributed by atoms with E-state index in [0.717, 1.165) is 32.4 Å². The van der Waals surface area contributed by atoms with E-state index in [9.17, 15) is 4.79 Å². The molecule has 1 saturated heterocycles. The second-order valence-corrected chi connectivity index (χ2v) is 7.01. The van der Waals surface area contributed by atoms with Crippen molar-refractivity contribution in [2.45, 2.75) is 39.0 Å². The molecule has 126 valence electrons. The zero-order valence-electron chi connectivity index (χ0n) is 14.6. The molecule has 0 aliphatic carbocycles. The predicted octanol–water partition coefficient (Wildman–Crippen LogP) is 4.03. The fraction of sp³-hybridized carbons (Fsp3) is 0.429. The summed E-state index contributed by atoms with van der Waals surface area (Å²) in [5.74, 6) is 0.851. The Hall–Kier alpha value is -2.16. The highest BCUT2D eigenvalue weighted by Gasteiger charge is 2.25. The topological polar surface area (TPSA) is 33.2 Å². The number of hydrogen-bond acceptors (Lipinski definition) is 2. The summed E-state index contributed by atoms with van der Waals surface area (Å²) in [6, 6.07) is 14.8. The van der Waals surface area contributed by atoms with Gasteiger partial charge in [0.2, 0.25) is 5.91 Å². The number of piperidine rings is 1. The van der Waals surface area contributed by atoms with Crippen LogP contribution in [0.3, 0.4) is 0 Å². The first kappa shape index (κ1) is 16.7. The lowest BCUT2D eigenvalue weighted by molar-refractivity contribution is -0.135. The minimum atomic E-state index is 0.0944. The van der Waals surface area contributed by atoms with Crippen molar-refractivity contribution in [3.63, 3.8) is 0 Å². The summed E-state index contributed by atoms with van der Waals surface area (Å²) in [4.78, 5) is 18.8. The molecule has 1 aromatic carbocycles. The smallest absolute Gasteiger partial charge is 0.225 e. The molecule has 0 N–H and O–H groups in total. The Morgan fingerprint density at radius 1 is 1.08 bits per heavy atom. The minimum Gasteiger partial charge on any atom is -0.342 e. The lowest BCUT2D eigenvalue weighted by Gasteiger charge is -2.32. The van der Waals surface area contributed by atoms with Crippen LogP contribution in [0.2, 0.25) is 0 Å². The first-order chi connectivity index (χ1) is 11.6. The number of aromatic nitrogens is 1. The molecule has 1 fully saturated rings. The van der Waals surface area contributed by atoms with Crippen molar-refractivity contribution in [2.75, 3.05) is 13.1 Å². The molecule has 0 saturated carbocycles. The van der Waals surface area contributed by atoms with Gasteiger partial charge in [0.15, 0.2) is 0 Å². The van der Waals surface area contributed by atoms with Crippen LogP contribution < -0.4 is 0 Å². The van der Waals surface area contributed by atoms with Gasteiger partial charge >= 0.3 is 0 Å². The lowest BCUT2D eigenvalue weighted by atomic mass is 9.92. The van der Waals surface area contributed by atoms with Gasteiger partial charge in [0, 0.05) is 36.8 Å².